The molecule has 3 rings (SSSR count). The summed E-state index contributed by atoms with van der Waals surface area (Å²) in [5.41, 5.74) is 3.63. The summed E-state index contributed by atoms with van der Waals surface area (Å²) in [5.74, 6) is 1.16. The number of aromatic nitrogens is 1. The van der Waals surface area contributed by atoms with Crippen molar-refractivity contribution in [3.8, 4) is 0 Å². The van der Waals surface area contributed by atoms with Crippen LogP contribution in [0.5, 0.6) is 0 Å². The zero-order valence-electron chi connectivity index (χ0n) is 11.3. The van der Waals surface area contributed by atoms with Gasteiger partial charge in [0.15, 0.2) is 0 Å². The van der Waals surface area contributed by atoms with E-state index >= 15 is 0 Å². The van der Waals surface area contributed by atoms with E-state index in [2.05, 4.69) is 83.6 Å². The predicted molar refractivity (Wildman–Crippen MR) is 78.6 cm³/mol. The summed E-state index contributed by atoms with van der Waals surface area (Å²) in [4.78, 5) is 2.24. The first kappa shape index (κ1) is 11.8. The highest BCUT2D eigenvalue weighted by atomic mass is 15.2. The van der Waals surface area contributed by atoms with Crippen molar-refractivity contribution in [2.75, 3.05) is 16.8 Å². The first-order valence-electron chi connectivity index (χ1n) is 6.51. The third-order valence-electron chi connectivity index (χ3n) is 3.42. The van der Waals surface area contributed by atoms with Gasteiger partial charge in [-0.1, -0.05) is 18.2 Å². The average molecular weight is 252 g/mol. The lowest BCUT2D eigenvalue weighted by Crippen LogP contribution is -2.35. The smallest absolute Gasteiger partial charge is 0.309 e. The molecule has 1 aromatic heterocycles. The van der Waals surface area contributed by atoms with E-state index in [1.54, 1.807) is 0 Å². The molecule has 2 aromatic rings. The Morgan fingerprint density at radius 2 is 2.00 bits per heavy atom. The van der Waals surface area contributed by atoms with Crippen LogP contribution in [0.25, 0.3) is 0 Å². The summed E-state index contributed by atoms with van der Waals surface area (Å²) in [6, 6.07) is 12.6. The molecule has 0 fully saturated rings. The van der Waals surface area contributed by atoms with Gasteiger partial charge in [-0.25, -0.2) is 4.57 Å². The lowest BCUT2D eigenvalue weighted by atomic mass is 10.2. The largest absolute Gasteiger partial charge is 0.375 e. The van der Waals surface area contributed by atoms with Gasteiger partial charge >= 0.3 is 5.82 Å². The lowest BCUT2D eigenvalue weighted by molar-refractivity contribution is -0.657. The van der Waals surface area contributed by atoms with Gasteiger partial charge in [-0.15, -0.1) is 0 Å². The molecule has 2 heterocycles. The molecule has 3 heteroatoms. The van der Waals surface area contributed by atoms with Crippen molar-refractivity contribution < 1.29 is 4.57 Å². The van der Waals surface area contributed by atoms with E-state index in [4.69, 9.17) is 0 Å². The van der Waals surface area contributed by atoms with Crippen LogP contribution in [0.2, 0.25) is 0 Å². The van der Waals surface area contributed by atoms with E-state index < -0.39 is 0 Å². The molecular weight excluding hydrogens is 234 g/mol. The molecule has 0 radical (unpaired) electrons. The molecule has 3 nitrogen and oxygen atoms in total. The summed E-state index contributed by atoms with van der Waals surface area (Å²) in [7, 11) is 2.07. The van der Waals surface area contributed by atoms with E-state index in [9.17, 15) is 0 Å². The number of benzene rings is 1. The zero-order chi connectivity index (χ0) is 13.2. The van der Waals surface area contributed by atoms with Crippen LogP contribution in [-0.2, 0) is 7.05 Å². The van der Waals surface area contributed by atoms with Crippen LogP contribution in [0.4, 0.5) is 17.2 Å². The van der Waals surface area contributed by atoms with E-state index in [0.29, 0.717) is 0 Å². The molecule has 0 unspecified atom stereocenters. The first-order chi connectivity index (χ1) is 9.27. The lowest BCUT2D eigenvalue weighted by Gasteiger charge is -2.17. The Bertz CT molecular complexity index is 632. The van der Waals surface area contributed by atoms with Gasteiger partial charge < -0.3 is 5.32 Å². The van der Waals surface area contributed by atoms with Crippen LogP contribution in [0.15, 0.2) is 54.9 Å². The van der Waals surface area contributed by atoms with Crippen LogP contribution in [0.3, 0.4) is 0 Å². The number of nitrogens with zero attached hydrogens (tertiary/aromatic N) is 2. The van der Waals surface area contributed by atoms with Gasteiger partial charge in [0.25, 0.3) is 0 Å². The Kier molecular flexibility index (Phi) is 2.95. The molecule has 19 heavy (non-hydrogen) atoms. The molecule has 0 atom stereocenters. The molecule has 0 bridgehead atoms. The number of nitrogens with one attached hydrogen (secondary N) is 1. The number of rotatable bonds is 1. The first-order valence-corrected chi connectivity index (χ1v) is 6.51. The van der Waals surface area contributed by atoms with Gasteiger partial charge in [0.05, 0.1) is 19.4 Å². The molecule has 0 aliphatic carbocycles. The van der Waals surface area contributed by atoms with Gasteiger partial charge in [-0.2, -0.15) is 4.90 Å². The Morgan fingerprint density at radius 1 is 1.16 bits per heavy atom. The van der Waals surface area contributed by atoms with E-state index in [0.717, 1.165) is 18.1 Å². The predicted octanol–water partition coefficient (Wildman–Crippen LogP) is 2.90. The highest BCUT2D eigenvalue weighted by Crippen LogP contribution is 2.32. The maximum absolute atomic E-state index is 3.44. The van der Waals surface area contributed by atoms with Crippen LogP contribution in [0, 0.1) is 6.92 Å². The minimum Gasteiger partial charge on any atom is -0.375 e. The van der Waals surface area contributed by atoms with Gasteiger partial charge in [0, 0.05) is 6.54 Å². The third-order valence-corrected chi connectivity index (χ3v) is 3.42. The second-order valence-corrected chi connectivity index (χ2v) is 4.78. The van der Waals surface area contributed by atoms with E-state index in [-0.39, 0.29) is 0 Å². The molecule has 0 amide bonds. The molecule has 1 aliphatic heterocycles. The van der Waals surface area contributed by atoms with Crippen molar-refractivity contribution in [3.63, 3.8) is 0 Å². The Morgan fingerprint density at radius 3 is 2.84 bits per heavy atom. The fourth-order valence-corrected chi connectivity index (χ4v) is 2.47. The fourth-order valence-electron chi connectivity index (χ4n) is 2.47. The molecule has 0 saturated carbocycles. The summed E-state index contributed by atoms with van der Waals surface area (Å²) < 4.78 is 2.14. The molecule has 1 N–H and O–H groups in total. The topological polar surface area (TPSA) is 19.1 Å². The van der Waals surface area contributed by atoms with Crippen LogP contribution >= 0.6 is 0 Å². The van der Waals surface area contributed by atoms with Gasteiger partial charge in [0.1, 0.15) is 11.4 Å². The van der Waals surface area contributed by atoms with Crippen molar-refractivity contribution in [3.05, 3.63) is 60.4 Å². The van der Waals surface area contributed by atoms with Crippen LogP contribution in [-0.4, -0.2) is 6.54 Å². The minimum absolute atomic E-state index is 0.847. The van der Waals surface area contributed by atoms with Crippen molar-refractivity contribution in [2.45, 2.75) is 6.92 Å². The molecule has 1 aromatic carbocycles. The standard InChI is InChI=1S/C16H18N3/c1-13-7-3-4-9-15(13)19-12-6-10-17-14-8-5-11-18(2)16(14)19/h3-9,11-12,17H,10H2,1-2H3/q+1. The van der Waals surface area contributed by atoms with Crippen LogP contribution < -0.4 is 14.8 Å². The fraction of sp³-hybridized carbons (Fsp3) is 0.188. The maximum atomic E-state index is 3.44. The van der Waals surface area contributed by atoms with Crippen molar-refractivity contribution in [2.24, 2.45) is 7.05 Å². The second kappa shape index (κ2) is 4.76. The molecule has 96 valence electrons. The van der Waals surface area contributed by atoms with E-state index in [1.165, 1.54) is 11.3 Å². The SMILES string of the molecule is Cc1ccccc1N1C=CCNc2ccc[n+](C)c21. The number of anilines is 3. The quantitative estimate of drug-likeness (QED) is 0.787. The Labute approximate surface area is 113 Å². The summed E-state index contributed by atoms with van der Waals surface area (Å²) in [5, 5.41) is 3.44. The van der Waals surface area contributed by atoms with Gasteiger partial charge in [-0.05, 0) is 36.8 Å². The van der Waals surface area contributed by atoms with Crippen molar-refractivity contribution >= 4 is 17.2 Å². The summed E-state index contributed by atoms with van der Waals surface area (Å²) in [6.45, 7) is 2.99. The van der Waals surface area contributed by atoms with Gasteiger partial charge in [0.2, 0.25) is 0 Å². The minimum atomic E-state index is 0.847. The number of para-hydroxylation sites is 1. The summed E-state index contributed by atoms with van der Waals surface area (Å²) in [6.07, 6.45) is 6.36. The second-order valence-electron chi connectivity index (χ2n) is 4.78. The Balaban J connectivity index is 2.20. The van der Waals surface area contributed by atoms with Gasteiger partial charge in [-0.3, -0.25) is 0 Å². The molecule has 1 aliphatic rings. The Hall–Kier alpha value is -2.29. The molecule has 0 saturated heterocycles. The average Bonchev–Trinajstić information content (AvgIpc) is 2.63. The third kappa shape index (κ3) is 2.08. The highest BCUT2D eigenvalue weighted by molar-refractivity contribution is 5.75. The number of pyridine rings is 1. The van der Waals surface area contributed by atoms with Crippen molar-refractivity contribution in [1.29, 1.82) is 0 Å². The van der Waals surface area contributed by atoms with Crippen LogP contribution in [0.1, 0.15) is 5.56 Å². The monoisotopic (exact) mass is 252 g/mol. The summed E-state index contributed by atoms with van der Waals surface area (Å²) >= 11 is 0. The highest BCUT2D eigenvalue weighted by Gasteiger charge is 2.25. The molecule has 0 spiro atoms. The zero-order valence-corrected chi connectivity index (χ0v) is 11.3. The number of fused-ring (bicyclic) bond motifs is 1. The number of hydrogen-bond acceptors (Lipinski definition) is 2. The van der Waals surface area contributed by atoms with Crippen molar-refractivity contribution in [1.82, 2.24) is 0 Å². The maximum Gasteiger partial charge on any atom is 0.309 e. The van der Waals surface area contributed by atoms with E-state index in [1.807, 2.05) is 0 Å². The number of aryl methyl sites for hydroxylation is 2. The molecular formula is C16H18N3+. The normalized spacial score (nSPS) is 13.7. The number of hydrogen-bond donors (Lipinski definition) is 1.